The Bertz CT molecular complexity index is 308. The maximum Gasteiger partial charge on any atom is 0.160 e. The molecular formula is C9H12Cl2N2O. The quantitative estimate of drug-likeness (QED) is 0.754. The van der Waals surface area contributed by atoms with Gasteiger partial charge < -0.3 is 4.74 Å². The van der Waals surface area contributed by atoms with Crippen molar-refractivity contribution >= 4 is 23.2 Å². The van der Waals surface area contributed by atoms with Crippen molar-refractivity contribution in [2.75, 3.05) is 6.61 Å². The predicted molar refractivity (Wildman–Crippen MR) is 56.8 cm³/mol. The van der Waals surface area contributed by atoms with Crippen LogP contribution in [0.5, 0.6) is 0 Å². The summed E-state index contributed by atoms with van der Waals surface area (Å²) in [4.78, 5) is 8.19. The van der Waals surface area contributed by atoms with Crippen LogP contribution in [-0.4, -0.2) is 16.6 Å². The summed E-state index contributed by atoms with van der Waals surface area (Å²) >= 11 is 11.7. The minimum Gasteiger partial charge on any atom is -0.371 e. The van der Waals surface area contributed by atoms with E-state index in [0.29, 0.717) is 28.3 Å². The standard InChI is InChI=1S/C9H12Cl2N2O/c1-4-14-6(3)9-12-7(10)5(2)8(11)13-9/h6H,4H2,1-3H3. The number of rotatable bonds is 3. The molecule has 1 heterocycles. The molecule has 0 fully saturated rings. The van der Waals surface area contributed by atoms with Crippen LogP contribution >= 0.6 is 23.2 Å². The third kappa shape index (κ3) is 2.56. The van der Waals surface area contributed by atoms with Gasteiger partial charge in [-0.1, -0.05) is 23.2 Å². The van der Waals surface area contributed by atoms with Crippen molar-refractivity contribution in [2.45, 2.75) is 26.9 Å². The summed E-state index contributed by atoms with van der Waals surface area (Å²) in [6.07, 6.45) is -0.185. The van der Waals surface area contributed by atoms with E-state index in [0.717, 1.165) is 0 Å². The molecule has 0 aliphatic heterocycles. The number of halogens is 2. The SMILES string of the molecule is CCOC(C)c1nc(Cl)c(C)c(Cl)n1. The van der Waals surface area contributed by atoms with E-state index in [-0.39, 0.29) is 6.10 Å². The molecule has 0 aliphatic carbocycles. The molecule has 0 spiro atoms. The van der Waals surface area contributed by atoms with Crippen molar-refractivity contribution in [1.82, 2.24) is 9.97 Å². The van der Waals surface area contributed by atoms with Gasteiger partial charge in [-0.2, -0.15) is 0 Å². The molecule has 0 saturated heterocycles. The molecule has 0 amide bonds. The van der Waals surface area contributed by atoms with Gasteiger partial charge in [0.15, 0.2) is 5.82 Å². The first-order chi connectivity index (χ1) is 6.56. The van der Waals surface area contributed by atoms with E-state index in [1.54, 1.807) is 6.92 Å². The lowest BCUT2D eigenvalue weighted by molar-refractivity contribution is 0.0700. The molecule has 0 N–H and O–H groups in total. The van der Waals surface area contributed by atoms with Gasteiger partial charge in [0, 0.05) is 12.2 Å². The minimum atomic E-state index is -0.185. The first-order valence-electron chi connectivity index (χ1n) is 4.37. The monoisotopic (exact) mass is 234 g/mol. The lowest BCUT2D eigenvalue weighted by atomic mass is 10.3. The number of ether oxygens (including phenoxy) is 1. The Morgan fingerprint density at radius 2 is 1.79 bits per heavy atom. The van der Waals surface area contributed by atoms with Crippen LogP contribution < -0.4 is 0 Å². The second-order valence-electron chi connectivity index (χ2n) is 2.89. The fourth-order valence-electron chi connectivity index (χ4n) is 0.985. The lowest BCUT2D eigenvalue weighted by Crippen LogP contribution is -2.06. The van der Waals surface area contributed by atoms with Crippen LogP contribution in [0.1, 0.15) is 31.3 Å². The molecule has 0 aromatic carbocycles. The van der Waals surface area contributed by atoms with E-state index < -0.39 is 0 Å². The van der Waals surface area contributed by atoms with Gasteiger partial charge in [-0.25, -0.2) is 9.97 Å². The summed E-state index contributed by atoms with van der Waals surface area (Å²) in [6.45, 7) is 6.15. The maximum atomic E-state index is 5.87. The molecule has 1 rings (SSSR count). The number of aromatic nitrogens is 2. The molecule has 0 bridgehead atoms. The highest BCUT2D eigenvalue weighted by atomic mass is 35.5. The Hall–Kier alpha value is -0.380. The molecule has 5 heteroatoms. The van der Waals surface area contributed by atoms with E-state index in [2.05, 4.69) is 9.97 Å². The molecule has 3 nitrogen and oxygen atoms in total. The molecule has 78 valence electrons. The molecule has 0 radical (unpaired) electrons. The summed E-state index contributed by atoms with van der Waals surface area (Å²) in [6, 6.07) is 0. The fraction of sp³-hybridized carbons (Fsp3) is 0.556. The molecule has 14 heavy (non-hydrogen) atoms. The predicted octanol–water partition coefficient (Wildman–Crippen LogP) is 3.19. The van der Waals surface area contributed by atoms with Crippen molar-refractivity contribution in [3.63, 3.8) is 0 Å². The Balaban J connectivity index is 3.00. The first kappa shape index (κ1) is 11.7. The van der Waals surface area contributed by atoms with Crippen LogP contribution in [0.4, 0.5) is 0 Å². The number of hydrogen-bond donors (Lipinski definition) is 0. The van der Waals surface area contributed by atoms with Crippen LogP contribution in [0.3, 0.4) is 0 Å². The lowest BCUT2D eigenvalue weighted by Gasteiger charge is -2.11. The summed E-state index contributed by atoms with van der Waals surface area (Å²) in [5, 5.41) is 0.762. The molecule has 0 saturated carbocycles. The third-order valence-electron chi connectivity index (χ3n) is 1.82. The van der Waals surface area contributed by atoms with E-state index in [1.807, 2.05) is 13.8 Å². The van der Waals surface area contributed by atoms with Crippen molar-refractivity contribution in [3.8, 4) is 0 Å². The van der Waals surface area contributed by atoms with E-state index >= 15 is 0 Å². The van der Waals surface area contributed by atoms with Crippen molar-refractivity contribution in [2.24, 2.45) is 0 Å². The smallest absolute Gasteiger partial charge is 0.160 e. The largest absolute Gasteiger partial charge is 0.371 e. The first-order valence-corrected chi connectivity index (χ1v) is 5.13. The highest BCUT2D eigenvalue weighted by molar-refractivity contribution is 6.34. The van der Waals surface area contributed by atoms with Crippen LogP contribution in [0, 0.1) is 6.92 Å². The molecule has 1 unspecified atom stereocenters. The third-order valence-corrected chi connectivity index (χ3v) is 2.56. The molecule has 0 aliphatic rings. The van der Waals surface area contributed by atoms with Crippen LogP contribution in [-0.2, 0) is 4.74 Å². The average Bonchev–Trinajstić information content (AvgIpc) is 2.13. The normalized spacial score (nSPS) is 12.9. The van der Waals surface area contributed by atoms with Crippen LogP contribution in [0.25, 0.3) is 0 Å². The van der Waals surface area contributed by atoms with Crippen molar-refractivity contribution in [3.05, 3.63) is 21.7 Å². The highest BCUT2D eigenvalue weighted by Gasteiger charge is 2.13. The van der Waals surface area contributed by atoms with Crippen molar-refractivity contribution < 1.29 is 4.74 Å². The van der Waals surface area contributed by atoms with E-state index in [4.69, 9.17) is 27.9 Å². The Morgan fingerprint density at radius 1 is 1.29 bits per heavy atom. The summed E-state index contributed by atoms with van der Waals surface area (Å²) in [5.41, 5.74) is 0.695. The van der Waals surface area contributed by atoms with Gasteiger partial charge in [-0.15, -0.1) is 0 Å². The zero-order valence-corrected chi connectivity index (χ0v) is 9.85. The Labute approximate surface area is 93.4 Å². The minimum absolute atomic E-state index is 0.185. The molecule has 1 aromatic heterocycles. The van der Waals surface area contributed by atoms with Gasteiger partial charge in [-0.3, -0.25) is 0 Å². The average molecular weight is 235 g/mol. The zero-order valence-electron chi connectivity index (χ0n) is 8.34. The van der Waals surface area contributed by atoms with Gasteiger partial charge in [0.25, 0.3) is 0 Å². The maximum absolute atomic E-state index is 5.87. The van der Waals surface area contributed by atoms with E-state index in [1.165, 1.54) is 0 Å². The van der Waals surface area contributed by atoms with Gasteiger partial charge in [0.2, 0.25) is 0 Å². The van der Waals surface area contributed by atoms with Crippen LogP contribution in [0.2, 0.25) is 10.3 Å². The van der Waals surface area contributed by atoms with Gasteiger partial charge in [0.1, 0.15) is 16.4 Å². The molecule has 1 aromatic rings. The molecular weight excluding hydrogens is 223 g/mol. The number of hydrogen-bond acceptors (Lipinski definition) is 3. The van der Waals surface area contributed by atoms with Gasteiger partial charge in [-0.05, 0) is 20.8 Å². The van der Waals surface area contributed by atoms with Gasteiger partial charge >= 0.3 is 0 Å². The van der Waals surface area contributed by atoms with Crippen LogP contribution in [0.15, 0.2) is 0 Å². The number of nitrogens with zero attached hydrogens (tertiary/aromatic N) is 2. The van der Waals surface area contributed by atoms with Gasteiger partial charge in [0.05, 0.1) is 0 Å². The topological polar surface area (TPSA) is 35.0 Å². The summed E-state index contributed by atoms with van der Waals surface area (Å²) < 4.78 is 5.34. The summed E-state index contributed by atoms with van der Waals surface area (Å²) in [7, 11) is 0. The van der Waals surface area contributed by atoms with Crippen molar-refractivity contribution in [1.29, 1.82) is 0 Å². The Kier molecular flexibility index (Phi) is 4.11. The second-order valence-corrected chi connectivity index (χ2v) is 3.60. The second kappa shape index (κ2) is 4.91. The Morgan fingerprint density at radius 3 is 2.21 bits per heavy atom. The highest BCUT2D eigenvalue weighted by Crippen LogP contribution is 2.23. The molecule has 1 atom stereocenters. The fourth-order valence-corrected chi connectivity index (χ4v) is 1.39. The summed E-state index contributed by atoms with van der Waals surface area (Å²) in [5.74, 6) is 0.521. The van der Waals surface area contributed by atoms with E-state index in [9.17, 15) is 0 Å². The zero-order chi connectivity index (χ0) is 10.7.